The topological polar surface area (TPSA) is 80.3 Å². The van der Waals surface area contributed by atoms with E-state index in [1.807, 2.05) is 6.07 Å². The van der Waals surface area contributed by atoms with E-state index in [-0.39, 0.29) is 11.8 Å². The quantitative estimate of drug-likeness (QED) is 0.903. The van der Waals surface area contributed by atoms with Crippen LogP contribution in [-0.4, -0.2) is 23.9 Å². The van der Waals surface area contributed by atoms with Crippen molar-refractivity contribution in [3.05, 3.63) is 48.2 Å². The van der Waals surface area contributed by atoms with Crippen LogP contribution >= 0.6 is 0 Å². The minimum absolute atomic E-state index is 0.246. The van der Waals surface area contributed by atoms with Crippen molar-refractivity contribution >= 4 is 23.3 Å². The molecule has 0 fully saturated rings. The molecule has 0 radical (unpaired) electrons. The maximum atomic E-state index is 12.2. The standard InChI is InChI=1S/C15H15N3O3/c1-10(19)17-14-9-11(7-8-16-14)15(20)18-12-5-3-4-6-13(12)21-2/h3-9H,1-2H3,(H,18,20)(H,16,17,19). The zero-order chi connectivity index (χ0) is 15.2. The van der Waals surface area contributed by atoms with E-state index in [0.717, 1.165) is 0 Å². The highest BCUT2D eigenvalue weighted by atomic mass is 16.5. The summed E-state index contributed by atoms with van der Waals surface area (Å²) < 4.78 is 5.17. The van der Waals surface area contributed by atoms with Gasteiger partial charge in [0.15, 0.2) is 0 Å². The van der Waals surface area contributed by atoms with Crippen LogP contribution in [0.25, 0.3) is 0 Å². The first-order chi connectivity index (χ1) is 10.1. The van der Waals surface area contributed by atoms with E-state index in [1.54, 1.807) is 24.3 Å². The van der Waals surface area contributed by atoms with Gasteiger partial charge in [-0.1, -0.05) is 12.1 Å². The Bertz CT molecular complexity index is 671. The van der Waals surface area contributed by atoms with Crippen molar-refractivity contribution in [3.63, 3.8) is 0 Å². The van der Waals surface area contributed by atoms with Gasteiger partial charge in [-0.05, 0) is 24.3 Å². The molecule has 0 bridgehead atoms. The van der Waals surface area contributed by atoms with Gasteiger partial charge in [-0.2, -0.15) is 0 Å². The maximum Gasteiger partial charge on any atom is 0.255 e. The molecule has 0 spiro atoms. The molecule has 108 valence electrons. The Labute approximate surface area is 122 Å². The summed E-state index contributed by atoms with van der Waals surface area (Å²) >= 11 is 0. The highest BCUT2D eigenvalue weighted by Crippen LogP contribution is 2.23. The minimum atomic E-state index is -0.312. The van der Waals surface area contributed by atoms with Gasteiger partial charge < -0.3 is 15.4 Å². The first-order valence-corrected chi connectivity index (χ1v) is 6.28. The summed E-state index contributed by atoms with van der Waals surface area (Å²) in [6.07, 6.45) is 1.46. The van der Waals surface area contributed by atoms with Crippen LogP contribution in [0.4, 0.5) is 11.5 Å². The third kappa shape index (κ3) is 3.79. The fourth-order valence-corrected chi connectivity index (χ4v) is 1.76. The average molecular weight is 285 g/mol. The predicted octanol–water partition coefficient (Wildman–Crippen LogP) is 2.30. The van der Waals surface area contributed by atoms with Crippen molar-refractivity contribution in [2.24, 2.45) is 0 Å². The highest BCUT2D eigenvalue weighted by Gasteiger charge is 2.10. The van der Waals surface area contributed by atoms with E-state index in [9.17, 15) is 9.59 Å². The van der Waals surface area contributed by atoms with Gasteiger partial charge in [-0.25, -0.2) is 4.98 Å². The molecule has 2 rings (SSSR count). The number of pyridine rings is 1. The molecule has 0 saturated carbocycles. The Morgan fingerprint density at radius 3 is 2.62 bits per heavy atom. The van der Waals surface area contributed by atoms with E-state index >= 15 is 0 Å². The molecule has 21 heavy (non-hydrogen) atoms. The van der Waals surface area contributed by atoms with E-state index in [2.05, 4.69) is 15.6 Å². The number of ether oxygens (including phenoxy) is 1. The monoisotopic (exact) mass is 285 g/mol. The van der Waals surface area contributed by atoms with Gasteiger partial charge in [0.25, 0.3) is 5.91 Å². The second-order valence-corrected chi connectivity index (χ2v) is 4.27. The largest absolute Gasteiger partial charge is 0.495 e. The van der Waals surface area contributed by atoms with Gasteiger partial charge in [-0.3, -0.25) is 9.59 Å². The Morgan fingerprint density at radius 1 is 1.14 bits per heavy atom. The van der Waals surface area contributed by atoms with Crippen LogP contribution in [0.5, 0.6) is 5.75 Å². The van der Waals surface area contributed by atoms with Crippen molar-refractivity contribution < 1.29 is 14.3 Å². The van der Waals surface area contributed by atoms with Crippen LogP contribution in [0, 0.1) is 0 Å². The number of para-hydroxylation sites is 2. The van der Waals surface area contributed by atoms with Crippen LogP contribution in [-0.2, 0) is 4.79 Å². The van der Waals surface area contributed by atoms with Crippen molar-refractivity contribution in [2.75, 3.05) is 17.7 Å². The van der Waals surface area contributed by atoms with Gasteiger partial charge in [-0.15, -0.1) is 0 Å². The molecular formula is C15H15N3O3. The Balaban J connectivity index is 2.18. The summed E-state index contributed by atoms with van der Waals surface area (Å²) in [5, 5.41) is 5.29. The number of nitrogens with zero attached hydrogens (tertiary/aromatic N) is 1. The summed E-state index contributed by atoms with van der Waals surface area (Å²) in [7, 11) is 1.53. The van der Waals surface area contributed by atoms with Crippen molar-refractivity contribution in [1.82, 2.24) is 4.98 Å². The molecular weight excluding hydrogens is 270 g/mol. The molecule has 1 heterocycles. The van der Waals surface area contributed by atoms with Crippen LogP contribution in [0.1, 0.15) is 17.3 Å². The lowest BCUT2D eigenvalue weighted by Crippen LogP contribution is -2.14. The lowest BCUT2D eigenvalue weighted by atomic mass is 10.2. The molecule has 0 aliphatic rings. The molecule has 0 atom stereocenters. The number of amides is 2. The molecule has 0 aliphatic heterocycles. The summed E-state index contributed by atoms with van der Waals surface area (Å²) in [6, 6.07) is 10.2. The maximum absolute atomic E-state index is 12.2. The number of anilines is 2. The molecule has 2 N–H and O–H groups in total. The second-order valence-electron chi connectivity index (χ2n) is 4.27. The zero-order valence-electron chi connectivity index (χ0n) is 11.7. The fraction of sp³-hybridized carbons (Fsp3) is 0.133. The fourth-order valence-electron chi connectivity index (χ4n) is 1.76. The van der Waals surface area contributed by atoms with Crippen LogP contribution in [0.15, 0.2) is 42.6 Å². The van der Waals surface area contributed by atoms with E-state index < -0.39 is 0 Å². The van der Waals surface area contributed by atoms with Gasteiger partial charge in [0.05, 0.1) is 12.8 Å². The Hall–Kier alpha value is -2.89. The number of carbonyl (C=O) groups is 2. The van der Waals surface area contributed by atoms with Crippen LogP contribution in [0.2, 0.25) is 0 Å². The third-order valence-electron chi connectivity index (χ3n) is 2.68. The second kappa shape index (κ2) is 6.51. The predicted molar refractivity (Wildman–Crippen MR) is 79.5 cm³/mol. The third-order valence-corrected chi connectivity index (χ3v) is 2.68. The first kappa shape index (κ1) is 14.5. The van der Waals surface area contributed by atoms with E-state index in [4.69, 9.17) is 4.74 Å². The number of rotatable bonds is 4. The number of methoxy groups -OCH3 is 1. The summed E-state index contributed by atoms with van der Waals surface area (Å²) in [5.41, 5.74) is 0.961. The van der Waals surface area contributed by atoms with Crippen LogP contribution < -0.4 is 15.4 Å². The van der Waals surface area contributed by atoms with E-state index in [0.29, 0.717) is 22.8 Å². The molecule has 2 aromatic rings. The normalized spacial score (nSPS) is 9.81. The molecule has 0 unspecified atom stereocenters. The van der Waals surface area contributed by atoms with Gasteiger partial charge >= 0.3 is 0 Å². The van der Waals surface area contributed by atoms with Crippen molar-refractivity contribution in [1.29, 1.82) is 0 Å². The lowest BCUT2D eigenvalue weighted by molar-refractivity contribution is -0.114. The Morgan fingerprint density at radius 2 is 1.90 bits per heavy atom. The molecule has 1 aromatic heterocycles. The molecule has 6 heteroatoms. The van der Waals surface area contributed by atoms with Crippen molar-refractivity contribution in [2.45, 2.75) is 6.92 Å². The smallest absolute Gasteiger partial charge is 0.255 e. The van der Waals surface area contributed by atoms with Crippen LogP contribution in [0.3, 0.4) is 0 Å². The summed E-state index contributed by atoms with van der Waals surface area (Å²) in [6.45, 7) is 1.38. The SMILES string of the molecule is COc1ccccc1NC(=O)c1ccnc(NC(C)=O)c1. The lowest BCUT2D eigenvalue weighted by Gasteiger charge is -2.10. The summed E-state index contributed by atoms with van der Waals surface area (Å²) in [5.74, 6) is 0.343. The number of hydrogen-bond donors (Lipinski definition) is 2. The average Bonchev–Trinajstić information content (AvgIpc) is 2.47. The molecule has 1 aromatic carbocycles. The molecule has 0 aliphatic carbocycles. The highest BCUT2D eigenvalue weighted by molar-refractivity contribution is 6.05. The number of hydrogen-bond acceptors (Lipinski definition) is 4. The van der Waals surface area contributed by atoms with Crippen molar-refractivity contribution in [3.8, 4) is 5.75 Å². The summed E-state index contributed by atoms with van der Waals surface area (Å²) in [4.78, 5) is 27.2. The van der Waals surface area contributed by atoms with Gasteiger partial charge in [0.1, 0.15) is 11.6 Å². The number of benzene rings is 1. The molecule has 0 saturated heterocycles. The number of nitrogens with one attached hydrogen (secondary N) is 2. The Kier molecular flexibility index (Phi) is 4.50. The first-order valence-electron chi connectivity index (χ1n) is 6.28. The molecule has 6 nitrogen and oxygen atoms in total. The van der Waals surface area contributed by atoms with Gasteiger partial charge in [0.2, 0.25) is 5.91 Å². The molecule has 2 amide bonds. The number of carbonyl (C=O) groups excluding carboxylic acids is 2. The zero-order valence-corrected chi connectivity index (χ0v) is 11.7. The minimum Gasteiger partial charge on any atom is -0.495 e. The number of aromatic nitrogens is 1. The van der Waals surface area contributed by atoms with E-state index in [1.165, 1.54) is 26.3 Å². The van der Waals surface area contributed by atoms with Gasteiger partial charge in [0, 0.05) is 18.7 Å².